The molecule has 2 atom stereocenters. The fourth-order valence-electron chi connectivity index (χ4n) is 5.53. The Hall–Kier alpha value is -5.43. The van der Waals surface area contributed by atoms with Gasteiger partial charge in [0.05, 0.1) is 18.8 Å². The average molecular weight is 728 g/mol. The van der Waals surface area contributed by atoms with Crippen LogP contribution in [0.25, 0.3) is 5.69 Å². The van der Waals surface area contributed by atoms with Gasteiger partial charge in [0.2, 0.25) is 17.7 Å². The number of halogens is 4. The van der Waals surface area contributed by atoms with E-state index in [1.54, 1.807) is 6.92 Å². The van der Waals surface area contributed by atoms with Gasteiger partial charge in [-0.15, -0.1) is 0 Å². The third-order valence-electron chi connectivity index (χ3n) is 8.07. The number of hydrogen-bond acceptors (Lipinski definition) is 9. The molecule has 0 aliphatic carbocycles. The smallest absolute Gasteiger partial charge is 0.409 e. The Morgan fingerprint density at radius 3 is 2.35 bits per heavy atom. The predicted octanol–water partition coefficient (Wildman–Crippen LogP) is 1.17. The summed E-state index contributed by atoms with van der Waals surface area (Å²) >= 11 is 0. The third-order valence-corrected chi connectivity index (χ3v) is 8.07. The van der Waals surface area contributed by atoms with Gasteiger partial charge >= 0.3 is 12.1 Å². The van der Waals surface area contributed by atoms with Crippen molar-refractivity contribution in [2.24, 2.45) is 0 Å². The second-order valence-corrected chi connectivity index (χ2v) is 11.5. The molecule has 3 N–H and O–H groups in total. The summed E-state index contributed by atoms with van der Waals surface area (Å²) in [5.74, 6) is -7.06. The number of likely N-dealkylation sites (tertiary alicyclic amines) is 1. The minimum absolute atomic E-state index is 0.0830. The Bertz CT molecular complexity index is 1620. The Morgan fingerprint density at radius 1 is 1.00 bits per heavy atom. The largest absolute Gasteiger partial charge is 0.481 e. The van der Waals surface area contributed by atoms with Crippen molar-refractivity contribution in [1.82, 2.24) is 35.1 Å². The summed E-state index contributed by atoms with van der Waals surface area (Å²) in [7, 11) is 0. The maximum atomic E-state index is 14.2. The lowest BCUT2D eigenvalue weighted by Crippen LogP contribution is -2.56. The number of hydrogen-bond donors (Lipinski definition) is 3. The second kappa shape index (κ2) is 17.5. The molecule has 278 valence electrons. The lowest BCUT2D eigenvalue weighted by atomic mass is 10.1. The van der Waals surface area contributed by atoms with E-state index in [9.17, 15) is 51.4 Å². The molecule has 5 amide bonds. The fourth-order valence-corrected chi connectivity index (χ4v) is 5.53. The first-order chi connectivity index (χ1) is 24.3. The highest BCUT2D eigenvalue weighted by atomic mass is 19.3. The van der Waals surface area contributed by atoms with E-state index in [2.05, 4.69) is 15.7 Å². The first-order valence-electron chi connectivity index (χ1n) is 16.1. The summed E-state index contributed by atoms with van der Waals surface area (Å²) in [6.07, 6.45) is -3.49. The van der Waals surface area contributed by atoms with Gasteiger partial charge in [-0.2, -0.15) is 5.10 Å². The van der Waals surface area contributed by atoms with Crippen molar-refractivity contribution in [2.45, 2.75) is 51.1 Å². The monoisotopic (exact) mass is 727 g/mol. The zero-order valence-electron chi connectivity index (χ0n) is 27.5. The topological polar surface area (TPSA) is 193 Å². The zero-order chi connectivity index (χ0) is 37.2. The number of carbonyl (C=O) groups is 6. The molecule has 0 bridgehead atoms. The Labute approximate surface area is 288 Å². The number of aliphatic carboxylic acids is 1. The van der Waals surface area contributed by atoms with Gasteiger partial charge in [-0.25, -0.2) is 27.0 Å². The maximum absolute atomic E-state index is 14.2. The van der Waals surface area contributed by atoms with Gasteiger partial charge in [-0.05, 0) is 38.3 Å². The summed E-state index contributed by atoms with van der Waals surface area (Å²) in [5, 5.41) is 17.9. The van der Waals surface area contributed by atoms with Crippen LogP contribution in [-0.2, 0) is 23.9 Å². The first kappa shape index (κ1) is 38.4. The molecule has 1 aromatic carbocycles. The van der Waals surface area contributed by atoms with Crippen molar-refractivity contribution in [3.8, 4) is 11.6 Å². The van der Waals surface area contributed by atoms with Gasteiger partial charge in [0.25, 0.3) is 18.2 Å². The number of piperazine rings is 1. The van der Waals surface area contributed by atoms with E-state index in [1.807, 2.05) is 0 Å². The Balaban J connectivity index is 1.52. The van der Waals surface area contributed by atoms with Gasteiger partial charge in [0, 0.05) is 51.3 Å². The summed E-state index contributed by atoms with van der Waals surface area (Å²) in [4.78, 5) is 79.7. The molecule has 16 nitrogen and oxygen atoms in total. The van der Waals surface area contributed by atoms with E-state index in [4.69, 9.17) is 9.47 Å². The number of carboxylic acids is 1. The van der Waals surface area contributed by atoms with Crippen LogP contribution in [0, 0.1) is 11.6 Å². The van der Waals surface area contributed by atoms with Gasteiger partial charge in [0.1, 0.15) is 12.1 Å². The molecule has 20 heteroatoms. The third kappa shape index (κ3) is 10.1. The summed E-state index contributed by atoms with van der Waals surface area (Å²) < 4.78 is 64.7. The quantitative estimate of drug-likeness (QED) is 0.238. The second-order valence-electron chi connectivity index (χ2n) is 11.5. The molecular weight excluding hydrogens is 690 g/mol. The molecule has 2 saturated heterocycles. The van der Waals surface area contributed by atoms with Crippen LogP contribution in [0.1, 0.15) is 43.1 Å². The molecule has 1 aromatic heterocycles. The predicted molar refractivity (Wildman–Crippen MR) is 166 cm³/mol. The Kier molecular flexibility index (Phi) is 13.2. The van der Waals surface area contributed by atoms with E-state index in [0.717, 1.165) is 33.8 Å². The molecule has 2 aromatic rings. The molecule has 4 rings (SSSR count). The van der Waals surface area contributed by atoms with Gasteiger partial charge in [-0.3, -0.25) is 24.0 Å². The molecule has 0 radical (unpaired) electrons. The highest BCUT2D eigenvalue weighted by Crippen LogP contribution is 2.23. The molecule has 51 heavy (non-hydrogen) atoms. The van der Waals surface area contributed by atoms with E-state index < -0.39 is 91.1 Å². The molecular formula is C31H37F4N7O9. The number of carboxylic acid groups (broad SMARTS) is 1. The number of benzene rings is 1. The molecule has 0 unspecified atom stereocenters. The highest BCUT2D eigenvalue weighted by molar-refractivity contribution is 5.96. The average Bonchev–Trinajstić information content (AvgIpc) is 3.77. The van der Waals surface area contributed by atoms with E-state index in [-0.39, 0.29) is 63.7 Å². The number of rotatable bonds is 14. The number of nitrogens with one attached hydrogen (secondary N) is 2. The maximum Gasteiger partial charge on any atom is 0.409 e. The zero-order valence-corrected chi connectivity index (χ0v) is 27.5. The van der Waals surface area contributed by atoms with Crippen LogP contribution in [0.2, 0.25) is 0 Å². The lowest BCUT2D eigenvalue weighted by molar-refractivity contribution is -0.140. The van der Waals surface area contributed by atoms with Crippen LogP contribution >= 0.6 is 0 Å². The van der Waals surface area contributed by atoms with Crippen molar-refractivity contribution < 1.29 is 60.9 Å². The van der Waals surface area contributed by atoms with Crippen LogP contribution < -0.4 is 15.4 Å². The van der Waals surface area contributed by atoms with Crippen molar-refractivity contribution in [3.63, 3.8) is 0 Å². The van der Waals surface area contributed by atoms with Gasteiger partial charge in [0.15, 0.2) is 23.9 Å². The molecule has 0 saturated carbocycles. The van der Waals surface area contributed by atoms with Crippen LogP contribution in [0.4, 0.5) is 22.4 Å². The number of nitrogens with zero attached hydrogens (tertiary/aromatic N) is 5. The van der Waals surface area contributed by atoms with Crippen molar-refractivity contribution >= 4 is 35.7 Å². The number of aromatic nitrogens is 2. The first-order valence-corrected chi connectivity index (χ1v) is 16.1. The van der Waals surface area contributed by atoms with Gasteiger partial charge in [-0.1, -0.05) is 0 Å². The normalized spacial score (nSPS) is 16.5. The SMILES string of the molecule is CCOC(=O)N1CCN(C(=O)[C@H](CCC(=O)O)NC(=O)c2cc(OCC(=O)N3CCC[C@H]3C(=O)NCC(F)F)n(-c3ccc(F)c(F)c3)n2)CC1. The molecule has 2 aliphatic rings. The fraction of sp³-hybridized carbons (Fsp3) is 0.516. The van der Waals surface area contributed by atoms with Gasteiger partial charge < -0.3 is 39.9 Å². The number of alkyl halides is 2. The molecule has 2 fully saturated rings. The minimum Gasteiger partial charge on any atom is -0.481 e. The van der Waals surface area contributed by atoms with Crippen LogP contribution in [0.15, 0.2) is 24.3 Å². The lowest BCUT2D eigenvalue weighted by Gasteiger charge is -2.35. The summed E-state index contributed by atoms with van der Waals surface area (Å²) in [5.41, 5.74) is -0.535. The van der Waals surface area contributed by atoms with Crippen LogP contribution in [-0.4, -0.2) is 136 Å². The molecule has 3 heterocycles. The van der Waals surface area contributed by atoms with E-state index in [1.165, 1.54) is 9.80 Å². The van der Waals surface area contributed by atoms with E-state index >= 15 is 0 Å². The molecule has 2 aliphatic heterocycles. The number of ether oxygens (including phenoxy) is 2. The molecule has 0 spiro atoms. The standard InChI is InChI=1S/C31H37F4N7O9/c1-2-50-31(49)40-12-10-39(11-13-40)30(48)21(7-8-27(44)45)37-28(46)22-15-26(42(38-22)18-5-6-19(32)20(33)14-18)51-17-25(43)41-9-3-4-23(41)29(47)36-16-24(34)35/h5-6,14-15,21,23-24H,2-4,7-13,16-17H2,1H3,(H,36,47)(H,37,46)(H,44,45)/t21-,23-/m0/s1. The van der Waals surface area contributed by atoms with Crippen molar-refractivity contribution in [3.05, 3.63) is 41.6 Å². The minimum atomic E-state index is -2.79. The van der Waals surface area contributed by atoms with E-state index in [0.29, 0.717) is 6.42 Å². The number of carbonyl (C=O) groups excluding carboxylic acids is 5. The Morgan fingerprint density at radius 2 is 1.71 bits per heavy atom. The highest BCUT2D eigenvalue weighted by Gasteiger charge is 2.35. The van der Waals surface area contributed by atoms with Crippen LogP contribution in [0.3, 0.4) is 0 Å². The number of amides is 5. The van der Waals surface area contributed by atoms with Crippen molar-refractivity contribution in [1.29, 1.82) is 0 Å². The summed E-state index contributed by atoms with van der Waals surface area (Å²) in [6.45, 7) is 0.778. The van der Waals surface area contributed by atoms with Crippen LogP contribution in [0.5, 0.6) is 5.88 Å². The van der Waals surface area contributed by atoms with Crippen molar-refractivity contribution in [2.75, 3.05) is 52.5 Å². The summed E-state index contributed by atoms with van der Waals surface area (Å²) in [6, 6.07) is 1.34.